The van der Waals surface area contributed by atoms with Crippen molar-refractivity contribution in [2.45, 2.75) is 44.5 Å². The van der Waals surface area contributed by atoms with Crippen LogP contribution in [0.3, 0.4) is 0 Å². The first-order chi connectivity index (χ1) is 8.70. The Labute approximate surface area is 106 Å². The Morgan fingerprint density at radius 3 is 2.56 bits per heavy atom. The lowest BCUT2D eigenvalue weighted by Crippen LogP contribution is -2.20. The summed E-state index contributed by atoms with van der Waals surface area (Å²) in [4.78, 5) is 3.95. The van der Waals surface area contributed by atoms with Crippen molar-refractivity contribution in [3.63, 3.8) is 0 Å². The standard InChI is InChI=1S/C13H19NO4/c1-17-11-7-10(13(15)16)14-8-12(11)18-9-5-3-2-4-6-9/h7-9,13,15-16H,2-6H2,1H3. The SMILES string of the molecule is COc1cc(C(O)O)ncc1OC1CCCCC1. The van der Waals surface area contributed by atoms with Gasteiger partial charge in [-0.25, -0.2) is 0 Å². The molecule has 2 rings (SSSR count). The summed E-state index contributed by atoms with van der Waals surface area (Å²) >= 11 is 0. The first-order valence-corrected chi connectivity index (χ1v) is 6.27. The molecule has 0 aliphatic heterocycles. The van der Waals surface area contributed by atoms with E-state index in [4.69, 9.17) is 19.7 Å². The van der Waals surface area contributed by atoms with Crippen molar-refractivity contribution in [2.75, 3.05) is 7.11 Å². The van der Waals surface area contributed by atoms with Crippen molar-refractivity contribution in [2.24, 2.45) is 0 Å². The highest BCUT2D eigenvalue weighted by Crippen LogP contribution is 2.31. The molecule has 0 atom stereocenters. The van der Waals surface area contributed by atoms with Gasteiger partial charge in [0, 0.05) is 6.07 Å². The maximum atomic E-state index is 9.05. The second-order valence-corrected chi connectivity index (χ2v) is 4.51. The molecule has 1 saturated carbocycles. The van der Waals surface area contributed by atoms with Crippen LogP contribution in [-0.2, 0) is 0 Å². The summed E-state index contributed by atoms with van der Waals surface area (Å²) in [5.41, 5.74) is 0.155. The van der Waals surface area contributed by atoms with Crippen LogP contribution in [0.2, 0.25) is 0 Å². The fraction of sp³-hybridized carbons (Fsp3) is 0.615. The average molecular weight is 253 g/mol. The van der Waals surface area contributed by atoms with Crippen LogP contribution >= 0.6 is 0 Å². The van der Waals surface area contributed by atoms with Gasteiger partial charge in [-0.15, -0.1) is 0 Å². The highest BCUT2D eigenvalue weighted by Gasteiger charge is 2.18. The number of aliphatic hydroxyl groups is 2. The van der Waals surface area contributed by atoms with Crippen molar-refractivity contribution in [3.05, 3.63) is 18.0 Å². The Bertz CT molecular complexity index is 389. The second kappa shape index (κ2) is 6.02. The van der Waals surface area contributed by atoms with Gasteiger partial charge in [-0.2, -0.15) is 0 Å². The number of hydrogen-bond acceptors (Lipinski definition) is 5. The number of pyridine rings is 1. The normalized spacial score (nSPS) is 16.9. The summed E-state index contributed by atoms with van der Waals surface area (Å²) < 4.78 is 11.1. The molecule has 0 aromatic carbocycles. The largest absolute Gasteiger partial charge is 0.493 e. The lowest BCUT2D eigenvalue weighted by atomic mass is 9.98. The monoisotopic (exact) mass is 253 g/mol. The molecule has 0 spiro atoms. The quantitative estimate of drug-likeness (QED) is 0.800. The number of nitrogens with zero attached hydrogens (tertiary/aromatic N) is 1. The highest BCUT2D eigenvalue weighted by atomic mass is 16.5. The molecule has 100 valence electrons. The number of aromatic nitrogens is 1. The summed E-state index contributed by atoms with van der Waals surface area (Å²) in [5.74, 6) is 1.05. The Morgan fingerprint density at radius 1 is 1.22 bits per heavy atom. The number of aliphatic hydroxyl groups excluding tert-OH is 1. The van der Waals surface area contributed by atoms with Gasteiger partial charge in [-0.05, 0) is 25.7 Å². The number of hydrogen-bond donors (Lipinski definition) is 2. The minimum atomic E-state index is -1.59. The van der Waals surface area contributed by atoms with Crippen molar-refractivity contribution in [1.82, 2.24) is 4.98 Å². The minimum absolute atomic E-state index is 0.155. The Morgan fingerprint density at radius 2 is 1.94 bits per heavy atom. The van der Waals surface area contributed by atoms with Gasteiger partial charge >= 0.3 is 0 Å². The molecular formula is C13H19NO4. The molecule has 1 heterocycles. The Hall–Kier alpha value is -1.33. The number of ether oxygens (including phenoxy) is 2. The maximum absolute atomic E-state index is 9.05. The van der Waals surface area contributed by atoms with Crippen molar-refractivity contribution in [3.8, 4) is 11.5 Å². The van der Waals surface area contributed by atoms with Crippen LogP contribution in [0.4, 0.5) is 0 Å². The topological polar surface area (TPSA) is 71.8 Å². The van der Waals surface area contributed by atoms with Crippen LogP contribution in [-0.4, -0.2) is 28.4 Å². The molecule has 18 heavy (non-hydrogen) atoms. The first kappa shape index (κ1) is 13.1. The van der Waals surface area contributed by atoms with Gasteiger partial charge in [0.05, 0.1) is 25.1 Å². The molecule has 0 bridgehead atoms. The van der Waals surface area contributed by atoms with Crippen molar-refractivity contribution >= 4 is 0 Å². The molecule has 0 amide bonds. The van der Waals surface area contributed by atoms with Gasteiger partial charge < -0.3 is 19.7 Å². The summed E-state index contributed by atoms with van der Waals surface area (Å²) in [6.07, 6.45) is 5.84. The maximum Gasteiger partial charge on any atom is 0.196 e. The zero-order valence-electron chi connectivity index (χ0n) is 10.5. The molecule has 0 radical (unpaired) electrons. The number of rotatable bonds is 4. The van der Waals surface area contributed by atoms with Crippen LogP contribution < -0.4 is 9.47 Å². The van der Waals surface area contributed by atoms with Crippen LogP contribution in [0, 0.1) is 0 Å². The van der Waals surface area contributed by atoms with Crippen LogP contribution in [0.15, 0.2) is 12.3 Å². The van der Waals surface area contributed by atoms with E-state index in [0.717, 1.165) is 12.8 Å². The van der Waals surface area contributed by atoms with Gasteiger partial charge in [-0.1, -0.05) is 6.42 Å². The molecule has 0 unspecified atom stereocenters. The summed E-state index contributed by atoms with van der Waals surface area (Å²) in [6, 6.07) is 1.49. The van der Waals surface area contributed by atoms with E-state index >= 15 is 0 Å². The van der Waals surface area contributed by atoms with Crippen molar-refractivity contribution in [1.29, 1.82) is 0 Å². The summed E-state index contributed by atoms with van der Waals surface area (Å²) in [6.45, 7) is 0. The number of methoxy groups -OCH3 is 1. The molecule has 1 aliphatic carbocycles. The third kappa shape index (κ3) is 3.11. The highest BCUT2D eigenvalue weighted by molar-refractivity contribution is 5.39. The summed E-state index contributed by atoms with van der Waals surface area (Å²) in [5, 5.41) is 18.1. The van der Waals surface area contributed by atoms with E-state index in [2.05, 4.69) is 4.98 Å². The van der Waals surface area contributed by atoms with Gasteiger partial charge in [0.25, 0.3) is 0 Å². The van der Waals surface area contributed by atoms with E-state index in [-0.39, 0.29) is 11.8 Å². The zero-order valence-corrected chi connectivity index (χ0v) is 10.5. The molecule has 1 aliphatic rings. The molecule has 5 nitrogen and oxygen atoms in total. The van der Waals surface area contributed by atoms with Crippen LogP contribution in [0.25, 0.3) is 0 Å². The predicted molar refractivity (Wildman–Crippen MR) is 65.5 cm³/mol. The Kier molecular flexibility index (Phi) is 4.38. The van der Waals surface area contributed by atoms with E-state index in [1.807, 2.05) is 0 Å². The van der Waals surface area contributed by atoms with E-state index in [9.17, 15) is 0 Å². The first-order valence-electron chi connectivity index (χ1n) is 6.27. The average Bonchev–Trinajstić information content (AvgIpc) is 2.40. The predicted octanol–water partition coefficient (Wildman–Crippen LogP) is 1.78. The lowest BCUT2D eigenvalue weighted by molar-refractivity contribution is -0.0460. The minimum Gasteiger partial charge on any atom is -0.493 e. The fourth-order valence-corrected chi connectivity index (χ4v) is 2.19. The van der Waals surface area contributed by atoms with Gasteiger partial charge in [0.2, 0.25) is 0 Å². The van der Waals surface area contributed by atoms with Crippen LogP contribution in [0.5, 0.6) is 11.5 Å². The second-order valence-electron chi connectivity index (χ2n) is 4.51. The lowest BCUT2D eigenvalue weighted by Gasteiger charge is -2.23. The van der Waals surface area contributed by atoms with E-state index in [1.165, 1.54) is 38.6 Å². The molecule has 0 saturated heterocycles. The third-order valence-corrected chi connectivity index (χ3v) is 3.18. The fourth-order valence-electron chi connectivity index (χ4n) is 2.19. The van der Waals surface area contributed by atoms with Crippen LogP contribution in [0.1, 0.15) is 44.1 Å². The third-order valence-electron chi connectivity index (χ3n) is 3.18. The van der Waals surface area contributed by atoms with E-state index in [1.54, 1.807) is 0 Å². The molecule has 5 heteroatoms. The molecule has 1 aromatic rings. The molecule has 1 aromatic heterocycles. The molecule has 2 N–H and O–H groups in total. The van der Waals surface area contributed by atoms with Crippen molar-refractivity contribution < 1.29 is 19.7 Å². The van der Waals surface area contributed by atoms with Gasteiger partial charge in [-0.3, -0.25) is 4.98 Å². The molecule has 1 fully saturated rings. The summed E-state index contributed by atoms with van der Waals surface area (Å²) in [7, 11) is 1.52. The zero-order chi connectivity index (χ0) is 13.0. The van der Waals surface area contributed by atoms with Gasteiger partial charge in [0.1, 0.15) is 0 Å². The van der Waals surface area contributed by atoms with E-state index in [0.29, 0.717) is 11.5 Å². The van der Waals surface area contributed by atoms with E-state index < -0.39 is 6.29 Å². The smallest absolute Gasteiger partial charge is 0.196 e. The Balaban J connectivity index is 2.11. The van der Waals surface area contributed by atoms with Gasteiger partial charge in [0.15, 0.2) is 17.8 Å². The molecular weight excluding hydrogens is 234 g/mol.